The minimum Gasteiger partial charge on any atom is -0.481 e. The fourth-order valence-corrected chi connectivity index (χ4v) is 4.09. The maximum absolute atomic E-state index is 10.5. The van der Waals surface area contributed by atoms with Crippen LogP contribution in [0.2, 0.25) is 0 Å². The number of aliphatic carboxylic acids is 1. The highest BCUT2D eigenvalue weighted by atomic mass is 32.2. The number of carboxylic acid groups (broad SMARTS) is 1. The summed E-state index contributed by atoms with van der Waals surface area (Å²) in [5.41, 5.74) is 1.93. The monoisotopic (exact) mass is 255 g/mol. The molecule has 0 aromatic heterocycles. The molecule has 1 aliphatic heterocycles. The maximum atomic E-state index is 10.5. The van der Waals surface area contributed by atoms with E-state index in [1.54, 1.807) is 0 Å². The van der Waals surface area contributed by atoms with E-state index in [-0.39, 0.29) is 6.42 Å². The number of carbonyl (C=O) groups is 1. The quantitative estimate of drug-likeness (QED) is 0.842. The molecule has 16 heavy (non-hydrogen) atoms. The van der Waals surface area contributed by atoms with Gasteiger partial charge in [0.25, 0.3) is 0 Å². The first kappa shape index (κ1) is 11.8. The molecule has 5 heteroatoms. The Morgan fingerprint density at radius 3 is 2.75 bits per heavy atom. The Labute approximate surface area is 103 Å². The molecular formula is C11H13NO2S2. The number of hydrogen-bond acceptors (Lipinski definition) is 4. The summed E-state index contributed by atoms with van der Waals surface area (Å²) in [6.07, 6.45) is 6.63. The Morgan fingerprint density at radius 1 is 1.44 bits per heavy atom. The minimum absolute atomic E-state index is 0.108. The van der Waals surface area contributed by atoms with Crippen LogP contribution in [-0.2, 0) is 4.79 Å². The van der Waals surface area contributed by atoms with Gasteiger partial charge in [0.05, 0.1) is 6.42 Å². The third-order valence-corrected chi connectivity index (χ3v) is 5.03. The maximum Gasteiger partial charge on any atom is 0.307 e. The van der Waals surface area contributed by atoms with Gasteiger partial charge < -0.3 is 5.11 Å². The van der Waals surface area contributed by atoms with Crippen LogP contribution in [0.25, 0.3) is 0 Å². The Balaban J connectivity index is 1.91. The van der Waals surface area contributed by atoms with E-state index in [1.165, 1.54) is 11.5 Å². The van der Waals surface area contributed by atoms with Crippen LogP contribution >= 0.6 is 23.5 Å². The number of nitrogens with zero attached hydrogens (tertiary/aromatic N) is 1. The summed E-state index contributed by atoms with van der Waals surface area (Å²) < 4.78 is 0.342. The summed E-state index contributed by atoms with van der Waals surface area (Å²) in [6.45, 7) is 0. The standard InChI is InChI=1S/C11H13NO2S2/c13-10(14)7-8-1-3-9(4-2-8)12-11-15-5-6-16-11/h1-3,11H,4-7H2,(H,13,14). The Bertz CT molecular complexity index is 368. The molecule has 0 spiro atoms. The van der Waals surface area contributed by atoms with Gasteiger partial charge in [0.1, 0.15) is 4.71 Å². The second-order valence-corrected chi connectivity index (χ2v) is 6.23. The molecule has 0 amide bonds. The normalized spacial score (nSPS) is 23.8. The number of aliphatic imine (C=N–C) groups is 1. The molecule has 1 N–H and O–H groups in total. The zero-order valence-electron chi connectivity index (χ0n) is 8.76. The molecule has 0 atom stereocenters. The van der Waals surface area contributed by atoms with Crippen molar-refractivity contribution in [3.05, 3.63) is 23.8 Å². The van der Waals surface area contributed by atoms with E-state index >= 15 is 0 Å². The molecular weight excluding hydrogens is 242 g/mol. The van der Waals surface area contributed by atoms with Gasteiger partial charge in [-0.05, 0) is 11.6 Å². The van der Waals surface area contributed by atoms with E-state index < -0.39 is 5.97 Å². The number of hydrogen-bond donors (Lipinski definition) is 1. The summed E-state index contributed by atoms with van der Waals surface area (Å²) in [5.74, 6) is 1.57. The summed E-state index contributed by atoms with van der Waals surface area (Å²) in [7, 11) is 0. The van der Waals surface area contributed by atoms with Crippen LogP contribution in [0.1, 0.15) is 12.8 Å². The molecule has 0 aromatic carbocycles. The lowest BCUT2D eigenvalue weighted by Crippen LogP contribution is -2.04. The van der Waals surface area contributed by atoms with Crippen molar-refractivity contribution >= 4 is 35.2 Å². The third kappa shape index (κ3) is 3.42. The second kappa shape index (κ2) is 5.59. The first-order valence-electron chi connectivity index (χ1n) is 5.13. The van der Waals surface area contributed by atoms with E-state index in [1.807, 2.05) is 41.8 Å². The van der Waals surface area contributed by atoms with E-state index in [2.05, 4.69) is 4.99 Å². The van der Waals surface area contributed by atoms with Crippen molar-refractivity contribution in [2.75, 3.05) is 11.5 Å². The predicted molar refractivity (Wildman–Crippen MR) is 70.2 cm³/mol. The summed E-state index contributed by atoms with van der Waals surface area (Å²) in [6, 6.07) is 0. The molecule has 0 bridgehead atoms. The van der Waals surface area contributed by atoms with Gasteiger partial charge in [0.2, 0.25) is 0 Å². The van der Waals surface area contributed by atoms with E-state index in [9.17, 15) is 4.79 Å². The topological polar surface area (TPSA) is 49.7 Å². The predicted octanol–water partition coefficient (Wildman–Crippen LogP) is 2.55. The largest absolute Gasteiger partial charge is 0.481 e. The zero-order chi connectivity index (χ0) is 11.4. The Kier molecular flexibility index (Phi) is 4.12. The van der Waals surface area contributed by atoms with Crippen LogP contribution < -0.4 is 0 Å². The summed E-state index contributed by atoms with van der Waals surface area (Å²) >= 11 is 3.75. The van der Waals surface area contributed by atoms with Gasteiger partial charge in [-0.15, -0.1) is 23.5 Å². The van der Waals surface area contributed by atoms with E-state index in [0.717, 1.165) is 17.7 Å². The average molecular weight is 255 g/mol. The van der Waals surface area contributed by atoms with Gasteiger partial charge in [-0.2, -0.15) is 0 Å². The van der Waals surface area contributed by atoms with Gasteiger partial charge in [-0.1, -0.05) is 12.2 Å². The van der Waals surface area contributed by atoms with Crippen molar-refractivity contribution < 1.29 is 9.90 Å². The molecule has 86 valence electrons. The third-order valence-electron chi connectivity index (χ3n) is 2.29. The highest BCUT2D eigenvalue weighted by Gasteiger charge is 2.15. The molecule has 2 rings (SSSR count). The highest BCUT2D eigenvalue weighted by molar-refractivity contribution is 8.20. The van der Waals surface area contributed by atoms with Crippen LogP contribution in [0.4, 0.5) is 0 Å². The molecule has 0 unspecified atom stereocenters. The number of allylic oxidation sites excluding steroid dienone is 3. The van der Waals surface area contributed by atoms with Gasteiger partial charge in [-0.3, -0.25) is 9.79 Å². The molecule has 0 radical (unpaired) electrons. The number of carboxylic acids is 1. The molecule has 1 aliphatic carbocycles. The van der Waals surface area contributed by atoms with Crippen LogP contribution in [-0.4, -0.2) is 33.0 Å². The van der Waals surface area contributed by atoms with Gasteiger partial charge in [0, 0.05) is 23.6 Å². The van der Waals surface area contributed by atoms with Gasteiger partial charge >= 0.3 is 5.97 Å². The van der Waals surface area contributed by atoms with Crippen LogP contribution in [0.5, 0.6) is 0 Å². The molecule has 2 aliphatic rings. The van der Waals surface area contributed by atoms with Crippen LogP contribution in [0.15, 0.2) is 28.8 Å². The fourth-order valence-electron chi connectivity index (χ4n) is 1.53. The molecule has 1 fully saturated rings. The van der Waals surface area contributed by atoms with Crippen molar-refractivity contribution in [3.63, 3.8) is 0 Å². The smallest absolute Gasteiger partial charge is 0.307 e. The SMILES string of the molecule is O=C(O)CC1=CCC(=NC2SCCS2)C=C1. The van der Waals surface area contributed by atoms with Crippen molar-refractivity contribution in [2.45, 2.75) is 17.5 Å². The average Bonchev–Trinajstić information content (AvgIpc) is 2.73. The Hall–Kier alpha value is -0.680. The van der Waals surface area contributed by atoms with Crippen LogP contribution in [0.3, 0.4) is 0 Å². The molecule has 1 heterocycles. The van der Waals surface area contributed by atoms with Crippen molar-refractivity contribution in [2.24, 2.45) is 4.99 Å². The lowest BCUT2D eigenvalue weighted by atomic mass is 10.0. The van der Waals surface area contributed by atoms with Crippen molar-refractivity contribution in [3.8, 4) is 0 Å². The minimum atomic E-state index is -0.779. The molecule has 0 saturated carbocycles. The van der Waals surface area contributed by atoms with Crippen LogP contribution in [0, 0.1) is 0 Å². The number of rotatable bonds is 3. The summed E-state index contributed by atoms with van der Waals surface area (Å²) in [4.78, 5) is 15.1. The van der Waals surface area contributed by atoms with E-state index in [4.69, 9.17) is 5.11 Å². The van der Waals surface area contributed by atoms with Gasteiger partial charge in [-0.25, -0.2) is 0 Å². The molecule has 0 aromatic rings. The Morgan fingerprint density at radius 2 is 2.19 bits per heavy atom. The van der Waals surface area contributed by atoms with E-state index in [0.29, 0.717) is 4.71 Å². The fraction of sp³-hybridized carbons (Fsp3) is 0.455. The lowest BCUT2D eigenvalue weighted by Gasteiger charge is -2.09. The molecule has 3 nitrogen and oxygen atoms in total. The lowest BCUT2D eigenvalue weighted by molar-refractivity contribution is -0.136. The zero-order valence-corrected chi connectivity index (χ0v) is 10.4. The van der Waals surface area contributed by atoms with Crippen molar-refractivity contribution in [1.29, 1.82) is 0 Å². The second-order valence-electron chi connectivity index (χ2n) is 3.56. The first-order valence-corrected chi connectivity index (χ1v) is 7.22. The highest BCUT2D eigenvalue weighted by Crippen LogP contribution is 2.33. The molecule has 1 saturated heterocycles. The van der Waals surface area contributed by atoms with Gasteiger partial charge in [0.15, 0.2) is 0 Å². The van der Waals surface area contributed by atoms with Crippen molar-refractivity contribution in [1.82, 2.24) is 0 Å². The summed E-state index contributed by atoms with van der Waals surface area (Å²) in [5, 5.41) is 8.65. The number of thioether (sulfide) groups is 2. The first-order chi connectivity index (χ1) is 7.74.